The van der Waals surface area contributed by atoms with Crippen molar-refractivity contribution in [1.29, 1.82) is 0 Å². The average Bonchev–Trinajstić information content (AvgIpc) is 2.25. The van der Waals surface area contributed by atoms with Crippen LogP contribution in [0.2, 0.25) is 0 Å². The van der Waals surface area contributed by atoms with Crippen LogP contribution in [0.15, 0.2) is 30.3 Å². The molecule has 0 spiro atoms. The van der Waals surface area contributed by atoms with Gasteiger partial charge in [0, 0.05) is 0 Å². The Labute approximate surface area is 88.9 Å². The molecule has 0 heterocycles. The molecule has 0 aliphatic rings. The van der Waals surface area contributed by atoms with Gasteiger partial charge in [-0.25, -0.2) is 0 Å². The van der Waals surface area contributed by atoms with Crippen molar-refractivity contribution in [3.63, 3.8) is 0 Å². The number of benzene rings is 1. The number of ether oxygens (including phenoxy) is 1. The quantitative estimate of drug-likeness (QED) is 0.628. The Balaban J connectivity index is 2.19. The summed E-state index contributed by atoms with van der Waals surface area (Å²) in [5, 5.41) is 9.30. The SMILES string of the molecule is OC(COc1ccccc1)COP(O)O. The summed E-state index contributed by atoms with van der Waals surface area (Å²) < 4.78 is 9.65. The largest absolute Gasteiger partial charge is 0.491 e. The van der Waals surface area contributed by atoms with Gasteiger partial charge in [0.25, 0.3) is 0 Å². The number of aliphatic hydroxyl groups is 1. The van der Waals surface area contributed by atoms with Crippen molar-refractivity contribution in [3.05, 3.63) is 30.3 Å². The van der Waals surface area contributed by atoms with Crippen molar-refractivity contribution in [2.75, 3.05) is 13.2 Å². The first kappa shape index (κ1) is 12.4. The van der Waals surface area contributed by atoms with Crippen LogP contribution in [0, 0.1) is 0 Å². The number of rotatable bonds is 6. The number of para-hydroxylation sites is 1. The maximum atomic E-state index is 9.30. The molecule has 1 aromatic carbocycles. The maximum Gasteiger partial charge on any atom is 0.327 e. The van der Waals surface area contributed by atoms with Crippen LogP contribution < -0.4 is 4.74 Å². The van der Waals surface area contributed by atoms with Crippen LogP contribution in [0.5, 0.6) is 5.75 Å². The predicted octanol–water partition coefficient (Wildman–Crippen LogP) is 0.654. The van der Waals surface area contributed by atoms with Crippen molar-refractivity contribution in [1.82, 2.24) is 0 Å². The molecule has 1 unspecified atom stereocenters. The second-order valence-electron chi connectivity index (χ2n) is 2.83. The first-order valence-corrected chi connectivity index (χ1v) is 5.51. The summed E-state index contributed by atoms with van der Waals surface area (Å²) in [7, 11) is -2.41. The molecule has 3 N–H and O–H groups in total. The minimum atomic E-state index is -2.41. The molecule has 5 nitrogen and oxygen atoms in total. The number of hydrogen-bond acceptors (Lipinski definition) is 5. The van der Waals surface area contributed by atoms with Gasteiger partial charge in [0.15, 0.2) is 0 Å². The molecule has 0 amide bonds. The molecule has 0 bridgehead atoms. The third kappa shape index (κ3) is 5.67. The van der Waals surface area contributed by atoms with Crippen LogP contribution in [0.4, 0.5) is 0 Å². The van der Waals surface area contributed by atoms with E-state index >= 15 is 0 Å². The molecule has 0 aliphatic carbocycles. The van der Waals surface area contributed by atoms with Gasteiger partial charge >= 0.3 is 8.60 Å². The molecule has 0 fully saturated rings. The smallest absolute Gasteiger partial charge is 0.327 e. The Morgan fingerprint density at radius 1 is 1.13 bits per heavy atom. The van der Waals surface area contributed by atoms with E-state index in [4.69, 9.17) is 14.5 Å². The van der Waals surface area contributed by atoms with Crippen LogP contribution in [-0.4, -0.2) is 34.2 Å². The summed E-state index contributed by atoms with van der Waals surface area (Å²) in [4.78, 5) is 16.9. The Kier molecular flexibility index (Phi) is 5.53. The molecule has 15 heavy (non-hydrogen) atoms. The van der Waals surface area contributed by atoms with E-state index in [1.54, 1.807) is 12.1 Å². The van der Waals surface area contributed by atoms with E-state index in [-0.39, 0.29) is 13.2 Å². The van der Waals surface area contributed by atoms with E-state index in [2.05, 4.69) is 4.52 Å². The van der Waals surface area contributed by atoms with Crippen LogP contribution >= 0.6 is 8.60 Å². The Bertz CT molecular complexity index is 266. The molecule has 0 aromatic heterocycles. The monoisotopic (exact) mass is 232 g/mol. The second-order valence-corrected chi connectivity index (χ2v) is 3.59. The minimum Gasteiger partial charge on any atom is -0.491 e. The molecule has 0 saturated heterocycles. The van der Waals surface area contributed by atoms with Gasteiger partial charge in [0.1, 0.15) is 18.5 Å². The van der Waals surface area contributed by atoms with Gasteiger partial charge in [-0.05, 0) is 12.1 Å². The highest BCUT2D eigenvalue weighted by Crippen LogP contribution is 2.24. The lowest BCUT2D eigenvalue weighted by atomic mass is 10.3. The molecule has 1 aromatic rings. The van der Waals surface area contributed by atoms with Gasteiger partial charge < -0.3 is 24.2 Å². The highest BCUT2D eigenvalue weighted by atomic mass is 31.2. The van der Waals surface area contributed by atoms with Crippen molar-refractivity contribution >= 4 is 8.60 Å². The highest BCUT2D eigenvalue weighted by molar-refractivity contribution is 7.39. The Morgan fingerprint density at radius 3 is 2.40 bits per heavy atom. The number of aliphatic hydroxyl groups excluding tert-OH is 1. The molecule has 84 valence electrons. The van der Waals surface area contributed by atoms with Crippen molar-refractivity contribution in [2.24, 2.45) is 0 Å². The van der Waals surface area contributed by atoms with Gasteiger partial charge in [-0.15, -0.1) is 0 Å². The molecule has 1 rings (SSSR count). The van der Waals surface area contributed by atoms with Crippen LogP contribution in [0.25, 0.3) is 0 Å². The molecular formula is C9H13O5P. The summed E-state index contributed by atoms with van der Waals surface area (Å²) in [6, 6.07) is 9.02. The normalized spacial score (nSPS) is 12.8. The van der Waals surface area contributed by atoms with Gasteiger partial charge in [0.2, 0.25) is 0 Å². The minimum absolute atomic E-state index is 0.0488. The summed E-state index contributed by atoms with van der Waals surface area (Å²) in [6.45, 7) is -0.112. The molecular weight excluding hydrogens is 219 g/mol. The first-order valence-electron chi connectivity index (χ1n) is 4.35. The molecule has 0 saturated carbocycles. The Morgan fingerprint density at radius 2 is 1.80 bits per heavy atom. The highest BCUT2D eigenvalue weighted by Gasteiger charge is 2.08. The fraction of sp³-hybridized carbons (Fsp3) is 0.333. The van der Waals surface area contributed by atoms with E-state index < -0.39 is 14.7 Å². The van der Waals surface area contributed by atoms with Gasteiger partial charge in [0.05, 0.1) is 6.61 Å². The van der Waals surface area contributed by atoms with Crippen molar-refractivity contribution < 1.29 is 24.2 Å². The van der Waals surface area contributed by atoms with Gasteiger partial charge in [-0.2, -0.15) is 0 Å². The summed E-state index contributed by atoms with van der Waals surface area (Å²) in [5.41, 5.74) is 0. The van der Waals surface area contributed by atoms with E-state index in [0.29, 0.717) is 5.75 Å². The summed E-state index contributed by atoms with van der Waals surface area (Å²) in [5.74, 6) is 0.645. The lowest BCUT2D eigenvalue weighted by molar-refractivity contribution is 0.0578. The Hall–Kier alpha value is -0.710. The zero-order chi connectivity index (χ0) is 11.1. The van der Waals surface area contributed by atoms with E-state index in [9.17, 15) is 5.11 Å². The topological polar surface area (TPSA) is 79.2 Å². The fourth-order valence-corrected chi connectivity index (χ4v) is 1.22. The average molecular weight is 232 g/mol. The van der Waals surface area contributed by atoms with Gasteiger partial charge in [-0.1, -0.05) is 18.2 Å². The molecule has 1 atom stereocenters. The third-order valence-corrected chi connectivity index (χ3v) is 1.95. The lowest BCUT2D eigenvalue weighted by Gasteiger charge is -2.12. The standard InChI is InChI=1S/C9H13O5P/c10-8(7-14-15(11)12)6-13-9-4-2-1-3-5-9/h1-5,8,10-12H,6-7H2. The van der Waals surface area contributed by atoms with Crippen molar-refractivity contribution in [2.45, 2.75) is 6.10 Å². The fourth-order valence-electron chi connectivity index (χ4n) is 0.910. The second kappa shape index (κ2) is 6.71. The van der Waals surface area contributed by atoms with E-state index in [0.717, 1.165) is 0 Å². The summed E-state index contributed by atoms with van der Waals surface area (Å²) in [6.07, 6.45) is -0.880. The van der Waals surface area contributed by atoms with Crippen LogP contribution in [0.3, 0.4) is 0 Å². The number of hydrogen-bond donors (Lipinski definition) is 3. The summed E-state index contributed by atoms with van der Waals surface area (Å²) >= 11 is 0. The maximum absolute atomic E-state index is 9.30. The van der Waals surface area contributed by atoms with Crippen LogP contribution in [-0.2, 0) is 4.52 Å². The van der Waals surface area contributed by atoms with E-state index in [1.165, 1.54) is 0 Å². The lowest BCUT2D eigenvalue weighted by Crippen LogP contribution is -2.22. The van der Waals surface area contributed by atoms with Gasteiger partial charge in [-0.3, -0.25) is 0 Å². The zero-order valence-corrected chi connectivity index (χ0v) is 8.88. The first-order chi connectivity index (χ1) is 7.18. The molecule has 0 radical (unpaired) electrons. The van der Waals surface area contributed by atoms with Crippen molar-refractivity contribution in [3.8, 4) is 5.75 Å². The molecule has 0 aliphatic heterocycles. The molecule has 6 heteroatoms. The predicted molar refractivity (Wildman–Crippen MR) is 55.3 cm³/mol. The zero-order valence-electron chi connectivity index (χ0n) is 7.98. The third-order valence-electron chi connectivity index (χ3n) is 1.57. The van der Waals surface area contributed by atoms with Crippen LogP contribution in [0.1, 0.15) is 0 Å². The van der Waals surface area contributed by atoms with E-state index in [1.807, 2.05) is 18.2 Å².